The van der Waals surface area contributed by atoms with Gasteiger partial charge in [-0.15, -0.1) is 0 Å². The lowest BCUT2D eigenvalue weighted by atomic mass is 10.1. The van der Waals surface area contributed by atoms with Crippen LogP contribution in [0, 0.1) is 6.92 Å². The van der Waals surface area contributed by atoms with Gasteiger partial charge >= 0.3 is 0 Å². The molecule has 1 heterocycles. The van der Waals surface area contributed by atoms with E-state index in [1.165, 1.54) is 30.1 Å². The molecule has 3 N–H and O–H groups in total. The second-order valence-electron chi connectivity index (χ2n) is 4.61. The molecule has 1 aromatic rings. The van der Waals surface area contributed by atoms with Crippen molar-refractivity contribution in [2.45, 2.75) is 44.9 Å². The van der Waals surface area contributed by atoms with E-state index in [4.69, 9.17) is 5.73 Å². The number of aromatic amines is 1. The van der Waals surface area contributed by atoms with Gasteiger partial charge in [-0.25, -0.2) is 4.98 Å². The first-order valence-electron chi connectivity index (χ1n) is 5.42. The Morgan fingerprint density at radius 3 is 2.79 bits per heavy atom. The van der Waals surface area contributed by atoms with Crippen molar-refractivity contribution in [3.63, 3.8) is 0 Å². The first kappa shape index (κ1) is 9.71. The molecule has 78 valence electrons. The predicted molar refractivity (Wildman–Crippen MR) is 57.3 cm³/mol. The van der Waals surface area contributed by atoms with E-state index in [0.717, 1.165) is 19.4 Å². The maximum atomic E-state index is 5.49. The van der Waals surface area contributed by atoms with Crippen molar-refractivity contribution in [2.75, 3.05) is 6.54 Å². The van der Waals surface area contributed by atoms with Gasteiger partial charge in [0.2, 0.25) is 0 Å². The van der Waals surface area contributed by atoms with Crippen LogP contribution in [0.2, 0.25) is 0 Å². The highest BCUT2D eigenvalue weighted by Gasteiger charge is 2.42. The van der Waals surface area contributed by atoms with Crippen LogP contribution in [0.4, 0.5) is 0 Å². The Bertz CT molecular complexity index is 323. The van der Waals surface area contributed by atoms with Crippen molar-refractivity contribution >= 4 is 0 Å². The first-order valence-corrected chi connectivity index (χ1v) is 5.42. The Balaban J connectivity index is 2.13. The van der Waals surface area contributed by atoms with Crippen molar-refractivity contribution in [3.8, 4) is 0 Å². The molecule has 0 unspecified atom stereocenters. The fraction of sp³-hybridized carbons (Fsp3) is 0.727. The third kappa shape index (κ3) is 1.69. The van der Waals surface area contributed by atoms with Gasteiger partial charge < -0.3 is 10.7 Å². The van der Waals surface area contributed by atoms with E-state index < -0.39 is 0 Å². The van der Waals surface area contributed by atoms with Gasteiger partial charge in [-0.1, -0.05) is 6.92 Å². The third-order valence-electron chi connectivity index (χ3n) is 3.17. The monoisotopic (exact) mass is 193 g/mol. The number of nitrogens with one attached hydrogen (secondary N) is 1. The summed E-state index contributed by atoms with van der Waals surface area (Å²) in [6.45, 7) is 5.13. The average molecular weight is 193 g/mol. The quantitative estimate of drug-likeness (QED) is 0.764. The summed E-state index contributed by atoms with van der Waals surface area (Å²) in [6, 6.07) is 0. The molecule has 0 bridgehead atoms. The molecular formula is C11H19N3. The molecule has 0 aliphatic heterocycles. The van der Waals surface area contributed by atoms with Gasteiger partial charge in [0.15, 0.2) is 0 Å². The fourth-order valence-corrected chi connectivity index (χ4v) is 1.72. The van der Waals surface area contributed by atoms with Crippen LogP contribution in [0.15, 0.2) is 0 Å². The molecule has 2 rings (SSSR count). The highest BCUT2D eigenvalue weighted by atomic mass is 15.0. The lowest BCUT2D eigenvalue weighted by Gasteiger charge is -2.01. The number of nitrogens with two attached hydrogens (primary N) is 1. The molecule has 0 saturated heterocycles. The van der Waals surface area contributed by atoms with Crippen LogP contribution in [0.25, 0.3) is 0 Å². The minimum absolute atomic E-state index is 0.353. The molecule has 1 aliphatic carbocycles. The second-order valence-corrected chi connectivity index (χ2v) is 4.61. The summed E-state index contributed by atoms with van der Waals surface area (Å²) >= 11 is 0. The number of imidazole rings is 1. The number of hydrogen-bond acceptors (Lipinski definition) is 2. The van der Waals surface area contributed by atoms with E-state index in [-0.39, 0.29) is 0 Å². The van der Waals surface area contributed by atoms with E-state index in [2.05, 4.69) is 23.8 Å². The molecule has 0 aromatic carbocycles. The summed E-state index contributed by atoms with van der Waals surface area (Å²) in [5.74, 6) is 1.18. The minimum atomic E-state index is 0.353. The molecule has 1 saturated carbocycles. The molecule has 0 radical (unpaired) electrons. The van der Waals surface area contributed by atoms with Gasteiger partial charge in [0.05, 0.1) is 5.69 Å². The van der Waals surface area contributed by atoms with Crippen LogP contribution >= 0.6 is 0 Å². The highest BCUT2D eigenvalue weighted by Crippen LogP contribution is 2.46. The Labute approximate surface area is 85.1 Å². The molecule has 3 heteroatoms. The van der Waals surface area contributed by atoms with Gasteiger partial charge in [-0.3, -0.25) is 0 Å². The molecular weight excluding hydrogens is 174 g/mol. The Morgan fingerprint density at radius 2 is 2.21 bits per heavy atom. The van der Waals surface area contributed by atoms with Crippen LogP contribution in [-0.4, -0.2) is 16.5 Å². The second kappa shape index (κ2) is 3.39. The van der Waals surface area contributed by atoms with Gasteiger partial charge in [-0.05, 0) is 39.2 Å². The number of nitrogens with zero attached hydrogens (tertiary/aromatic N) is 1. The SMILES string of the molecule is Cc1[nH]c(C2(C)CC2)nc1CCCN. The number of aryl methyl sites for hydroxylation is 2. The van der Waals surface area contributed by atoms with Crippen molar-refractivity contribution < 1.29 is 0 Å². The summed E-state index contributed by atoms with van der Waals surface area (Å²) in [7, 11) is 0. The van der Waals surface area contributed by atoms with E-state index in [0.29, 0.717) is 5.41 Å². The van der Waals surface area contributed by atoms with Gasteiger partial charge in [0, 0.05) is 11.1 Å². The molecule has 0 atom stereocenters. The van der Waals surface area contributed by atoms with E-state index in [1.54, 1.807) is 0 Å². The smallest absolute Gasteiger partial charge is 0.112 e. The predicted octanol–water partition coefficient (Wildman–Crippen LogP) is 1.66. The molecule has 14 heavy (non-hydrogen) atoms. The average Bonchev–Trinajstić information content (AvgIpc) is 2.78. The van der Waals surface area contributed by atoms with Crippen molar-refractivity contribution in [1.29, 1.82) is 0 Å². The fourth-order valence-electron chi connectivity index (χ4n) is 1.72. The minimum Gasteiger partial charge on any atom is -0.345 e. The number of aromatic nitrogens is 2. The first-order chi connectivity index (χ1) is 6.65. The molecule has 3 nitrogen and oxygen atoms in total. The lowest BCUT2D eigenvalue weighted by molar-refractivity contribution is 0.716. The standard InChI is InChI=1S/C11H19N3/c1-8-9(4-3-7-12)14-10(13-8)11(2)5-6-11/h3-7,12H2,1-2H3,(H,13,14). The number of hydrogen-bond donors (Lipinski definition) is 2. The molecule has 1 aliphatic rings. The lowest BCUT2D eigenvalue weighted by Crippen LogP contribution is -2.03. The van der Waals surface area contributed by atoms with Gasteiger partial charge in [-0.2, -0.15) is 0 Å². The Hall–Kier alpha value is -0.830. The largest absolute Gasteiger partial charge is 0.345 e. The molecule has 1 aromatic heterocycles. The van der Waals surface area contributed by atoms with Crippen molar-refractivity contribution in [2.24, 2.45) is 5.73 Å². The van der Waals surface area contributed by atoms with E-state index >= 15 is 0 Å². The van der Waals surface area contributed by atoms with Crippen LogP contribution in [0.3, 0.4) is 0 Å². The molecule has 1 fully saturated rings. The van der Waals surface area contributed by atoms with E-state index in [9.17, 15) is 0 Å². The Morgan fingerprint density at radius 1 is 1.50 bits per heavy atom. The van der Waals surface area contributed by atoms with Gasteiger partial charge in [0.1, 0.15) is 5.82 Å². The van der Waals surface area contributed by atoms with Crippen LogP contribution in [0.1, 0.15) is 43.4 Å². The topological polar surface area (TPSA) is 54.7 Å². The highest BCUT2D eigenvalue weighted by molar-refractivity contribution is 5.22. The van der Waals surface area contributed by atoms with Crippen molar-refractivity contribution in [1.82, 2.24) is 9.97 Å². The van der Waals surface area contributed by atoms with Crippen LogP contribution in [-0.2, 0) is 11.8 Å². The number of rotatable bonds is 4. The zero-order valence-corrected chi connectivity index (χ0v) is 9.06. The normalized spacial score (nSPS) is 18.5. The third-order valence-corrected chi connectivity index (χ3v) is 3.17. The van der Waals surface area contributed by atoms with Crippen LogP contribution in [0.5, 0.6) is 0 Å². The summed E-state index contributed by atoms with van der Waals surface area (Å²) in [4.78, 5) is 8.07. The summed E-state index contributed by atoms with van der Waals surface area (Å²) in [5, 5.41) is 0. The summed E-state index contributed by atoms with van der Waals surface area (Å²) in [6.07, 6.45) is 4.59. The Kier molecular flexibility index (Phi) is 2.35. The van der Waals surface area contributed by atoms with Crippen LogP contribution < -0.4 is 5.73 Å². The van der Waals surface area contributed by atoms with Crippen molar-refractivity contribution in [3.05, 3.63) is 17.2 Å². The zero-order chi connectivity index (χ0) is 10.2. The molecule has 0 spiro atoms. The summed E-state index contributed by atoms with van der Waals surface area (Å²) in [5.41, 5.74) is 8.28. The maximum absolute atomic E-state index is 5.49. The van der Waals surface area contributed by atoms with E-state index in [1.807, 2.05) is 0 Å². The molecule has 0 amide bonds. The zero-order valence-electron chi connectivity index (χ0n) is 9.06. The number of H-pyrrole nitrogens is 1. The maximum Gasteiger partial charge on any atom is 0.112 e. The summed E-state index contributed by atoms with van der Waals surface area (Å²) < 4.78 is 0. The van der Waals surface area contributed by atoms with Gasteiger partial charge in [0.25, 0.3) is 0 Å².